The van der Waals surface area contributed by atoms with Crippen LogP contribution in [-0.4, -0.2) is 61.1 Å². The van der Waals surface area contributed by atoms with Crippen LogP contribution in [-0.2, 0) is 28.9 Å². The van der Waals surface area contributed by atoms with E-state index in [9.17, 15) is 14.4 Å². The molecule has 0 aliphatic carbocycles. The highest BCUT2D eigenvalue weighted by atomic mass is 32.1. The molecule has 4 rings (SSSR count). The molecule has 1 aliphatic rings. The molecule has 0 atom stereocenters. The van der Waals surface area contributed by atoms with Crippen molar-refractivity contribution in [2.45, 2.75) is 26.3 Å². The van der Waals surface area contributed by atoms with Crippen LogP contribution in [0.5, 0.6) is 5.75 Å². The van der Waals surface area contributed by atoms with Gasteiger partial charge in [-0.3, -0.25) is 4.79 Å². The number of rotatable bonds is 8. The van der Waals surface area contributed by atoms with Crippen molar-refractivity contribution in [1.82, 2.24) is 9.80 Å². The third-order valence-electron chi connectivity index (χ3n) is 6.30. The van der Waals surface area contributed by atoms with Crippen LogP contribution in [0.2, 0.25) is 0 Å². The standard InChI is InChI=1S/C28H31N3O5S/c1-20(32)30(13-10-21-6-4-3-5-7-21)14-11-22-8-9-25-23(18-22)19-31(15-16-36-25)28(34)29-24-12-17-37-26(24)27(33)35-2/h3-9,12,17-18H,10-11,13-16,19H2,1-2H3,(H,29,34). The van der Waals surface area contributed by atoms with Crippen LogP contribution in [0.25, 0.3) is 0 Å². The number of benzene rings is 2. The van der Waals surface area contributed by atoms with E-state index in [0.29, 0.717) is 49.8 Å². The number of nitrogens with one attached hydrogen (secondary N) is 1. The normalized spacial score (nSPS) is 12.6. The van der Waals surface area contributed by atoms with E-state index in [4.69, 9.17) is 9.47 Å². The van der Waals surface area contributed by atoms with Crippen molar-refractivity contribution in [2.24, 2.45) is 0 Å². The summed E-state index contributed by atoms with van der Waals surface area (Å²) in [7, 11) is 1.31. The molecule has 0 bridgehead atoms. The first kappa shape index (κ1) is 26.2. The Balaban J connectivity index is 1.39. The number of amides is 3. The van der Waals surface area contributed by atoms with Gasteiger partial charge in [0.1, 0.15) is 17.2 Å². The minimum absolute atomic E-state index is 0.0524. The number of methoxy groups -OCH3 is 1. The Morgan fingerprint density at radius 2 is 1.81 bits per heavy atom. The van der Waals surface area contributed by atoms with Crippen molar-refractivity contribution in [1.29, 1.82) is 0 Å². The molecule has 2 aromatic carbocycles. The maximum Gasteiger partial charge on any atom is 0.350 e. The van der Waals surface area contributed by atoms with E-state index in [-0.39, 0.29) is 11.9 Å². The summed E-state index contributed by atoms with van der Waals surface area (Å²) in [5, 5.41) is 4.56. The van der Waals surface area contributed by atoms with Gasteiger partial charge < -0.3 is 24.6 Å². The Kier molecular flexibility index (Phi) is 8.79. The largest absolute Gasteiger partial charge is 0.491 e. The van der Waals surface area contributed by atoms with Crippen LogP contribution in [0, 0.1) is 0 Å². The van der Waals surface area contributed by atoms with Gasteiger partial charge in [-0.15, -0.1) is 11.3 Å². The average molecular weight is 522 g/mol. The second-order valence-corrected chi connectivity index (χ2v) is 9.71. The number of thiophene rings is 1. The Morgan fingerprint density at radius 1 is 1.05 bits per heavy atom. The molecule has 2 heterocycles. The number of nitrogens with zero attached hydrogens (tertiary/aromatic N) is 2. The molecule has 1 N–H and O–H groups in total. The van der Waals surface area contributed by atoms with Gasteiger partial charge in [-0.1, -0.05) is 42.5 Å². The first-order valence-corrected chi connectivity index (χ1v) is 13.1. The van der Waals surface area contributed by atoms with Crippen LogP contribution in [0.3, 0.4) is 0 Å². The summed E-state index contributed by atoms with van der Waals surface area (Å²) in [6, 6.07) is 17.5. The molecular weight excluding hydrogens is 490 g/mol. The topological polar surface area (TPSA) is 88.2 Å². The maximum atomic E-state index is 13.0. The van der Waals surface area contributed by atoms with Gasteiger partial charge in [-0.05, 0) is 41.5 Å². The molecule has 9 heteroatoms. The van der Waals surface area contributed by atoms with Crippen LogP contribution in [0.15, 0.2) is 60.0 Å². The van der Waals surface area contributed by atoms with Gasteiger partial charge in [-0.25, -0.2) is 9.59 Å². The van der Waals surface area contributed by atoms with Crippen molar-refractivity contribution in [3.63, 3.8) is 0 Å². The lowest BCUT2D eigenvalue weighted by atomic mass is 10.1. The lowest BCUT2D eigenvalue weighted by molar-refractivity contribution is -0.128. The number of carbonyl (C=O) groups is 3. The highest BCUT2D eigenvalue weighted by molar-refractivity contribution is 7.12. The van der Waals surface area contributed by atoms with Crippen LogP contribution < -0.4 is 10.1 Å². The molecule has 1 aromatic heterocycles. The molecule has 0 saturated carbocycles. The number of anilines is 1. The lowest BCUT2D eigenvalue weighted by Crippen LogP contribution is -2.36. The summed E-state index contributed by atoms with van der Waals surface area (Å²) >= 11 is 1.22. The molecule has 194 valence electrons. The third kappa shape index (κ3) is 6.89. The van der Waals surface area contributed by atoms with Crippen molar-refractivity contribution in [2.75, 3.05) is 38.7 Å². The van der Waals surface area contributed by atoms with Gasteiger partial charge in [0.05, 0.1) is 25.9 Å². The first-order chi connectivity index (χ1) is 17.9. The minimum Gasteiger partial charge on any atom is -0.491 e. The van der Waals surface area contributed by atoms with Crippen molar-refractivity contribution in [3.8, 4) is 5.75 Å². The molecule has 8 nitrogen and oxygen atoms in total. The van der Waals surface area contributed by atoms with Crippen molar-refractivity contribution < 1.29 is 23.9 Å². The van der Waals surface area contributed by atoms with E-state index in [2.05, 4.69) is 17.4 Å². The molecule has 37 heavy (non-hydrogen) atoms. The van der Waals surface area contributed by atoms with Crippen LogP contribution in [0.1, 0.15) is 33.3 Å². The van der Waals surface area contributed by atoms with E-state index in [0.717, 1.165) is 23.3 Å². The highest BCUT2D eigenvalue weighted by Gasteiger charge is 2.23. The third-order valence-corrected chi connectivity index (χ3v) is 7.19. The molecule has 0 unspecified atom stereocenters. The van der Waals surface area contributed by atoms with Gasteiger partial charge in [-0.2, -0.15) is 0 Å². The summed E-state index contributed by atoms with van der Waals surface area (Å²) in [6.45, 7) is 4.02. The van der Waals surface area contributed by atoms with E-state index in [1.807, 2.05) is 41.3 Å². The fourth-order valence-corrected chi connectivity index (χ4v) is 4.99. The number of esters is 1. The van der Waals surface area contributed by atoms with E-state index in [1.165, 1.54) is 24.0 Å². The number of urea groups is 1. The van der Waals surface area contributed by atoms with Gasteiger partial charge in [0, 0.05) is 25.6 Å². The van der Waals surface area contributed by atoms with Crippen molar-refractivity contribution >= 4 is 34.9 Å². The molecular formula is C28H31N3O5S. The molecule has 0 spiro atoms. The Labute approximate surface area is 220 Å². The number of fused-ring (bicyclic) bond motifs is 1. The van der Waals surface area contributed by atoms with Crippen LogP contribution in [0.4, 0.5) is 10.5 Å². The summed E-state index contributed by atoms with van der Waals surface area (Å²) in [4.78, 5) is 41.1. The number of ether oxygens (including phenoxy) is 2. The molecule has 3 aromatic rings. The summed E-state index contributed by atoms with van der Waals surface area (Å²) in [6.07, 6.45) is 1.51. The molecule has 0 fully saturated rings. The number of carbonyl (C=O) groups excluding carboxylic acids is 3. The monoisotopic (exact) mass is 521 g/mol. The van der Waals surface area contributed by atoms with Crippen LogP contribution >= 0.6 is 11.3 Å². The van der Waals surface area contributed by atoms with Gasteiger partial charge in [0.25, 0.3) is 0 Å². The molecule has 3 amide bonds. The van der Waals surface area contributed by atoms with E-state index in [1.54, 1.807) is 23.3 Å². The lowest BCUT2D eigenvalue weighted by Gasteiger charge is -2.22. The second kappa shape index (κ2) is 12.4. The first-order valence-electron chi connectivity index (χ1n) is 12.2. The average Bonchev–Trinajstić information content (AvgIpc) is 3.25. The fourth-order valence-electron chi connectivity index (χ4n) is 4.23. The van der Waals surface area contributed by atoms with Gasteiger partial charge in [0.2, 0.25) is 5.91 Å². The van der Waals surface area contributed by atoms with Crippen molar-refractivity contribution in [3.05, 3.63) is 81.5 Å². The predicted octanol–water partition coefficient (Wildman–Crippen LogP) is 4.59. The zero-order valence-corrected chi connectivity index (χ0v) is 21.9. The predicted molar refractivity (Wildman–Crippen MR) is 143 cm³/mol. The summed E-state index contributed by atoms with van der Waals surface area (Å²) in [5.41, 5.74) is 3.61. The maximum absolute atomic E-state index is 13.0. The number of hydrogen-bond acceptors (Lipinski definition) is 6. The van der Waals surface area contributed by atoms with E-state index >= 15 is 0 Å². The van der Waals surface area contributed by atoms with E-state index < -0.39 is 5.97 Å². The summed E-state index contributed by atoms with van der Waals surface area (Å²) < 4.78 is 10.7. The smallest absolute Gasteiger partial charge is 0.350 e. The zero-order valence-electron chi connectivity index (χ0n) is 21.1. The Morgan fingerprint density at radius 3 is 2.54 bits per heavy atom. The number of hydrogen-bond donors (Lipinski definition) is 1. The quantitative estimate of drug-likeness (QED) is 0.438. The second-order valence-electron chi connectivity index (χ2n) is 8.79. The SMILES string of the molecule is COC(=O)c1sccc1NC(=O)N1CCOc2ccc(CCN(CCc3ccccc3)C(C)=O)cc2C1. The molecule has 0 saturated heterocycles. The minimum atomic E-state index is -0.483. The Bertz CT molecular complexity index is 1240. The summed E-state index contributed by atoms with van der Waals surface area (Å²) in [5.74, 6) is 0.317. The van der Waals surface area contributed by atoms with Gasteiger partial charge in [0.15, 0.2) is 0 Å². The zero-order chi connectivity index (χ0) is 26.2. The Hall–Kier alpha value is -3.85. The highest BCUT2D eigenvalue weighted by Crippen LogP contribution is 2.27. The molecule has 0 radical (unpaired) electrons. The fraction of sp³-hybridized carbons (Fsp3) is 0.321. The van der Waals surface area contributed by atoms with Gasteiger partial charge >= 0.3 is 12.0 Å². The molecule has 1 aliphatic heterocycles.